The van der Waals surface area contributed by atoms with E-state index < -0.39 is 40.4 Å². The standard InChI is InChI=1S/C15H25NO6/c1-9(2)15(20,10(3)17)14(19)22-8-11-4-6-16(21)7-5-12(18)13(11)16/h4,9-10,12-13,17-18,20H,5-8H2,1-3H3/t10-,12-,13-,15+,16?/m1/s1. The predicted molar refractivity (Wildman–Crippen MR) is 78.3 cm³/mol. The van der Waals surface area contributed by atoms with Gasteiger partial charge in [0.25, 0.3) is 0 Å². The predicted octanol–water partition coefficient (Wildman–Crippen LogP) is -0.315. The first-order chi connectivity index (χ1) is 10.1. The number of hydroxylamine groups is 3. The van der Waals surface area contributed by atoms with Crippen molar-refractivity contribution in [2.75, 3.05) is 19.7 Å². The topological polar surface area (TPSA) is 110 Å². The number of aliphatic hydroxyl groups excluding tert-OH is 2. The summed E-state index contributed by atoms with van der Waals surface area (Å²) < 4.78 is 4.64. The summed E-state index contributed by atoms with van der Waals surface area (Å²) in [6.07, 6.45) is 0.127. The smallest absolute Gasteiger partial charge is 0.341 e. The van der Waals surface area contributed by atoms with Gasteiger partial charge in [0.05, 0.1) is 19.2 Å². The lowest BCUT2D eigenvalue weighted by Crippen LogP contribution is -2.53. The number of carbonyl (C=O) groups excluding carboxylic acids is 1. The molecular formula is C15H25NO6. The van der Waals surface area contributed by atoms with Gasteiger partial charge < -0.3 is 29.9 Å². The minimum absolute atomic E-state index is 0.148. The van der Waals surface area contributed by atoms with Crippen molar-refractivity contribution in [2.45, 2.75) is 51.0 Å². The first kappa shape index (κ1) is 17.4. The highest BCUT2D eigenvalue weighted by Crippen LogP contribution is 2.36. The minimum atomic E-state index is -1.99. The molecule has 2 rings (SSSR count). The Labute approximate surface area is 130 Å². The molecule has 2 heterocycles. The molecule has 0 bridgehead atoms. The lowest BCUT2D eigenvalue weighted by molar-refractivity contribution is -0.877. The van der Waals surface area contributed by atoms with Crippen LogP contribution in [0.15, 0.2) is 11.6 Å². The van der Waals surface area contributed by atoms with Crippen molar-refractivity contribution in [3.8, 4) is 0 Å². The van der Waals surface area contributed by atoms with Crippen molar-refractivity contribution in [1.29, 1.82) is 0 Å². The van der Waals surface area contributed by atoms with Crippen molar-refractivity contribution in [3.63, 3.8) is 0 Å². The molecule has 1 unspecified atom stereocenters. The zero-order valence-electron chi connectivity index (χ0n) is 13.2. The molecule has 22 heavy (non-hydrogen) atoms. The van der Waals surface area contributed by atoms with Gasteiger partial charge in [-0.25, -0.2) is 4.79 Å². The molecule has 0 saturated carbocycles. The Balaban J connectivity index is 2.03. The molecule has 0 amide bonds. The number of hydrogen-bond acceptors (Lipinski definition) is 6. The quantitative estimate of drug-likeness (QED) is 0.278. The lowest BCUT2D eigenvalue weighted by atomic mass is 9.85. The molecule has 5 atom stereocenters. The summed E-state index contributed by atoms with van der Waals surface area (Å²) in [4.78, 5) is 12.2. The molecule has 1 fully saturated rings. The number of ether oxygens (including phenoxy) is 1. The molecule has 3 N–H and O–H groups in total. The Morgan fingerprint density at radius 3 is 2.73 bits per heavy atom. The average molecular weight is 315 g/mol. The van der Waals surface area contributed by atoms with E-state index in [2.05, 4.69) is 0 Å². The van der Waals surface area contributed by atoms with E-state index in [1.165, 1.54) is 6.92 Å². The third-order valence-electron chi connectivity index (χ3n) is 4.93. The molecule has 7 nitrogen and oxygen atoms in total. The summed E-state index contributed by atoms with van der Waals surface area (Å²) in [5.74, 6) is -1.44. The van der Waals surface area contributed by atoms with Gasteiger partial charge in [-0.3, -0.25) is 0 Å². The highest BCUT2D eigenvalue weighted by Gasteiger charge is 2.49. The van der Waals surface area contributed by atoms with Crippen LogP contribution in [-0.2, 0) is 9.53 Å². The Morgan fingerprint density at radius 2 is 2.18 bits per heavy atom. The number of hydrogen-bond donors (Lipinski definition) is 3. The van der Waals surface area contributed by atoms with Gasteiger partial charge in [-0.05, 0) is 18.9 Å². The Morgan fingerprint density at radius 1 is 1.55 bits per heavy atom. The van der Waals surface area contributed by atoms with Gasteiger partial charge in [-0.15, -0.1) is 0 Å². The number of rotatable bonds is 5. The second-order valence-electron chi connectivity index (χ2n) is 6.67. The maximum Gasteiger partial charge on any atom is 0.341 e. The third kappa shape index (κ3) is 2.68. The maximum absolute atomic E-state index is 12.4. The molecule has 0 radical (unpaired) electrons. The fourth-order valence-corrected chi connectivity index (χ4v) is 3.41. The van der Waals surface area contributed by atoms with Crippen molar-refractivity contribution in [2.24, 2.45) is 5.92 Å². The van der Waals surface area contributed by atoms with Gasteiger partial charge in [0.2, 0.25) is 0 Å². The summed E-state index contributed by atoms with van der Waals surface area (Å²) in [6, 6.07) is -0.591. The van der Waals surface area contributed by atoms with E-state index in [0.717, 1.165) is 0 Å². The molecule has 126 valence electrons. The zero-order chi connectivity index (χ0) is 16.7. The van der Waals surface area contributed by atoms with E-state index in [0.29, 0.717) is 18.5 Å². The van der Waals surface area contributed by atoms with E-state index in [1.807, 2.05) is 0 Å². The highest BCUT2D eigenvalue weighted by molar-refractivity contribution is 5.80. The van der Waals surface area contributed by atoms with Gasteiger partial charge in [0, 0.05) is 12.0 Å². The first-order valence-corrected chi connectivity index (χ1v) is 7.65. The molecule has 0 aliphatic carbocycles. The van der Waals surface area contributed by atoms with E-state index in [-0.39, 0.29) is 13.2 Å². The summed E-state index contributed by atoms with van der Waals surface area (Å²) >= 11 is 0. The number of fused-ring (bicyclic) bond motifs is 1. The van der Waals surface area contributed by atoms with Crippen LogP contribution in [0.2, 0.25) is 0 Å². The Hall–Kier alpha value is -0.990. The number of quaternary nitrogens is 1. The van der Waals surface area contributed by atoms with Crippen LogP contribution in [0.1, 0.15) is 27.2 Å². The fourth-order valence-electron chi connectivity index (χ4n) is 3.41. The van der Waals surface area contributed by atoms with Gasteiger partial charge >= 0.3 is 5.97 Å². The van der Waals surface area contributed by atoms with Gasteiger partial charge in [0.1, 0.15) is 18.8 Å². The van der Waals surface area contributed by atoms with Gasteiger partial charge in [0.15, 0.2) is 5.60 Å². The zero-order valence-corrected chi connectivity index (χ0v) is 13.2. The molecule has 1 saturated heterocycles. The van der Waals surface area contributed by atoms with E-state index in [9.17, 15) is 25.3 Å². The number of nitrogens with zero attached hydrogens (tertiary/aromatic N) is 1. The molecule has 2 aliphatic heterocycles. The van der Waals surface area contributed by atoms with Crippen molar-refractivity contribution in [3.05, 3.63) is 16.9 Å². The SMILES string of the molecule is CC(C)[C@@](O)(C(=O)OCC1=CC[N+]2([O-])CC[C@@H](O)[C@@H]12)[C@@H](C)O. The van der Waals surface area contributed by atoms with Gasteiger partial charge in [-0.2, -0.15) is 0 Å². The highest BCUT2D eigenvalue weighted by atomic mass is 16.6. The van der Waals surface area contributed by atoms with Crippen LogP contribution in [0.25, 0.3) is 0 Å². The Kier molecular flexibility index (Phi) is 4.66. The van der Waals surface area contributed by atoms with Crippen molar-refractivity contribution >= 4 is 5.97 Å². The Bertz CT molecular complexity index is 467. The molecule has 7 heteroatoms. The van der Waals surface area contributed by atoms with Crippen LogP contribution in [0.4, 0.5) is 0 Å². The van der Waals surface area contributed by atoms with E-state index in [4.69, 9.17) is 4.74 Å². The molecule has 2 aliphatic rings. The normalized spacial score (nSPS) is 35.0. The van der Waals surface area contributed by atoms with Crippen LogP contribution in [0, 0.1) is 11.1 Å². The number of esters is 1. The largest absolute Gasteiger partial charge is 0.632 e. The molecule has 0 aromatic carbocycles. The minimum Gasteiger partial charge on any atom is -0.632 e. The average Bonchev–Trinajstić information content (AvgIpc) is 2.92. The first-order valence-electron chi connectivity index (χ1n) is 7.65. The van der Waals surface area contributed by atoms with E-state index in [1.54, 1.807) is 19.9 Å². The van der Waals surface area contributed by atoms with Crippen LogP contribution < -0.4 is 0 Å². The maximum atomic E-state index is 12.4. The number of aliphatic hydroxyl groups is 3. The summed E-state index contributed by atoms with van der Waals surface area (Å²) in [6.45, 7) is 5.02. The molecule has 0 spiro atoms. The lowest BCUT2D eigenvalue weighted by Gasteiger charge is -2.40. The molecule has 0 aromatic rings. The second-order valence-corrected chi connectivity index (χ2v) is 6.67. The van der Waals surface area contributed by atoms with Crippen LogP contribution >= 0.6 is 0 Å². The molecular weight excluding hydrogens is 290 g/mol. The van der Waals surface area contributed by atoms with Crippen molar-refractivity contribution in [1.82, 2.24) is 0 Å². The van der Waals surface area contributed by atoms with Crippen LogP contribution in [-0.4, -0.2) is 69.5 Å². The molecule has 0 aromatic heterocycles. The van der Waals surface area contributed by atoms with E-state index >= 15 is 0 Å². The monoisotopic (exact) mass is 315 g/mol. The van der Waals surface area contributed by atoms with Crippen LogP contribution in [0.3, 0.4) is 0 Å². The van der Waals surface area contributed by atoms with Gasteiger partial charge in [-0.1, -0.05) is 13.8 Å². The van der Waals surface area contributed by atoms with Crippen molar-refractivity contribution < 1.29 is 29.5 Å². The summed E-state index contributed by atoms with van der Waals surface area (Å²) in [5.41, 5.74) is -1.40. The van der Waals surface area contributed by atoms with Crippen LogP contribution in [0.5, 0.6) is 0 Å². The summed E-state index contributed by atoms with van der Waals surface area (Å²) in [7, 11) is 0. The number of carbonyl (C=O) groups is 1. The fraction of sp³-hybridized carbons (Fsp3) is 0.800. The third-order valence-corrected chi connectivity index (χ3v) is 4.93. The second kappa shape index (κ2) is 5.90. The summed E-state index contributed by atoms with van der Waals surface area (Å²) in [5, 5.41) is 42.4.